The molecule has 0 bridgehead atoms. The number of carbonyl (C=O) groups is 1. The highest BCUT2D eigenvalue weighted by Gasteiger charge is 2.31. The summed E-state index contributed by atoms with van der Waals surface area (Å²) in [6.07, 6.45) is 4.91. The molecule has 2 aliphatic rings. The minimum atomic E-state index is -0.435. The molecule has 2 saturated heterocycles. The molecule has 2 aromatic heterocycles. The summed E-state index contributed by atoms with van der Waals surface area (Å²) in [5, 5.41) is 10.3. The number of thiophene rings is 1. The summed E-state index contributed by atoms with van der Waals surface area (Å²) in [7, 11) is 1.37. The Morgan fingerprint density at radius 1 is 1.41 bits per heavy atom. The monoisotopic (exact) mass is 456 g/mol. The van der Waals surface area contributed by atoms with Gasteiger partial charge in [-0.25, -0.2) is 9.78 Å². The number of aliphatic hydroxyl groups is 1. The molecule has 5 rings (SSSR count). The number of nitrogen functional groups attached to an aromatic ring is 1. The van der Waals surface area contributed by atoms with Gasteiger partial charge in [0.15, 0.2) is 0 Å². The van der Waals surface area contributed by atoms with E-state index in [0.29, 0.717) is 30.4 Å². The van der Waals surface area contributed by atoms with Crippen LogP contribution in [0.5, 0.6) is 0 Å². The first-order valence-corrected chi connectivity index (χ1v) is 11.8. The molecule has 170 valence electrons. The number of anilines is 2. The van der Waals surface area contributed by atoms with Gasteiger partial charge in [0.1, 0.15) is 10.6 Å². The van der Waals surface area contributed by atoms with Gasteiger partial charge in [0.05, 0.1) is 47.7 Å². The van der Waals surface area contributed by atoms with E-state index in [1.54, 1.807) is 0 Å². The third-order valence-corrected chi connectivity index (χ3v) is 7.83. The van der Waals surface area contributed by atoms with E-state index in [4.69, 9.17) is 15.2 Å². The molecule has 9 heteroatoms. The van der Waals surface area contributed by atoms with Crippen molar-refractivity contribution in [2.24, 2.45) is 5.92 Å². The lowest BCUT2D eigenvalue weighted by Gasteiger charge is -2.23. The summed E-state index contributed by atoms with van der Waals surface area (Å²) in [5.41, 5.74) is 10.2. The molecule has 2 fully saturated rings. The van der Waals surface area contributed by atoms with Gasteiger partial charge in [-0.15, -0.1) is 11.3 Å². The Bertz CT molecular complexity index is 1130. The van der Waals surface area contributed by atoms with E-state index in [-0.39, 0.29) is 12.5 Å². The average Bonchev–Trinajstić information content (AvgIpc) is 3.55. The SMILES string of the molecule is COC(=O)c1c(N2CCC(CO)C2)sc(-c2ccc3c(c2)ncn3C2CCCOC2)c1N. The molecule has 1 aromatic carbocycles. The van der Waals surface area contributed by atoms with Crippen LogP contribution in [0.4, 0.5) is 10.7 Å². The number of carbonyl (C=O) groups excluding carboxylic acids is 1. The Morgan fingerprint density at radius 2 is 2.28 bits per heavy atom. The van der Waals surface area contributed by atoms with E-state index in [2.05, 4.69) is 20.5 Å². The minimum absolute atomic E-state index is 0.142. The maximum atomic E-state index is 12.6. The lowest BCUT2D eigenvalue weighted by atomic mass is 10.1. The first kappa shape index (κ1) is 21.2. The third kappa shape index (κ3) is 3.64. The molecule has 0 spiro atoms. The fraction of sp³-hybridized carbons (Fsp3) is 0.478. The zero-order valence-electron chi connectivity index (χ0n) is 18.1. The number of fused-ring (bicyclic) bond motifs is 1. The third-order valence-electron chi connectivity index (χ3n) is 6.51. The number of imidazole rings is 1. The topological polar surface area (TPSA) is 103 Å². The van der Waals surface area contributed by atoms with E-state index >= 15 is 0 Å². The quantitative estimate of drug-likeness (QED) is 0.568. The number of benzene rings is 1. The number of nitrogens with two attached hydrogens (primary N) is 1. The molecule has 8 nitrogen and oxygen atoms in total. The van der Waals surface area contributed by atoms with Crippen LogP contribution in [0.2, 0.25) is 0 Å². The molecule has 0 radical (unpaired) electrons. The predicted octanol–water partition coefficient (Wildman–Crippen LogP) is 3.30. The van der Waals surface area contributed by atoms with E-state index in [1.807, 2.05) is 18.5 Å². The van der Waals surface area contributed by atoms with E-state index in [1.165, 1.54) is 18.4 Å². The van der Waals surface area contributed by atoms with Crippen molar-refractivity contribution >= 4 is 39.0 Å². The van der Waals surface area contributed by atoms with Gasteiger partial charge in [0, 0.05) is 32.2 Å². The molecular formula is C23H28N4O4S. The van der Waals surface area contributed by atoms with E-state index < -0.39 is 5.97 Å². The molecule has 0 amide bonds. The number of nitrogens with zero attached hydrogens (tertiary/aromatic N) is 3. The molecule has 3 N–H and O–H groups in total. The molecule has 0 saturated carbocycles. The summed E-state index contributed by atoms with van der Waals surface area (Å²) in [5.74, 6) is -0.230. The van der Waals surface area contributed by atoms with Crippen LogP contribution in [0, 0.1) is 5.92 Å². The Labute approximate surface area is 190 Å². The molecule has 3 aromatic rings. The summed E-state index contributed by atoms with van der Waals surface area (Å²) in [4.78, 5) is 20.2. The van der Waals surface area contributed by atoms with Gasteiger partial charge in [0.2, 0.25) is 0 Å². The molecule has 0 aliphatic carbocycles. The summed E-state index contributed by atoms with van der Waals surface area (Å²) < 4.78 is 12.9. The fourth-order valence-corrected chi connectivity index (χ4v) is 5.98. The maximum absolute atomic E-state index is 12.6. The van der Waals surface area contributed by atoms with Crippen LogP contribution in [0.15, 0.2) is 24.5 Å². The second-order valence-corrected chi connectivity index (χ2v) is 9.53. The molecule has 2 atom stereocenters. The van der Waals surface area contributed by atoms with Crippen molar-refractivity contribution < 1.29 is 19.4 Å². The smallest absolute Gasteiger partial charge is 0.343 e. The highest BCUT2D eigenvalue weighted by atomic mass is 32.1. The van der Waals surface area contributed by atoms with Crippen molar-refractivity contribution in [3.05, 3.63) is 30.1 Å². The Balaban J connectivity index is 1.53. The highest BCUT2D eigenvalue weighted by molar-refractivity contribution is 7.20. The number of ether oxygens (including phenoxy) is 2. The summed E-state index contributed by atoms with van der Waals surface area (Å²) in [6, 6.07) is 6.44. The van der Waals surface area contributed by atoms with Crippen molar-refractivity contribution in [2.75, 3.05) is 50.7 Å². The number of hydrogen-bond acceptors (Lipinski definition) is 8. The number of hydrogen-bond donors (Lipinski definition) is 2. The number of esters is 1. The van der Waals surface area contributed by atoms with Crippen molar-refractivity contribution in [3.63, 3.8) is 0 Å². The molecular weight excluding hydrogens is 428 g/mol. The summed E-state index contributed by atoms with van der Waals surface area (Å²) >= 11 is 1.50. The van der Waals surface area contributed by atoms with Gasteiger partial charge >= 0.3 is 5.97 Å². The normalized spacial score (nSPS) is 21.4. The predicted molar refractivity (Wildman–Crippen MR) is 125 cm³/mol. The van der Waals surface area contributed by atoms with Gasteiger partial charge in [0.25, 0.3) is 0 Å². The van der Waals surface area contributed by atoms with Crippen LogP contribution in [-0.2, 0) is 9.47 Å². The zero-order chi connectivity index (χ0) is 22.2. The van der Waals surface area contributed by atoms with Crippen LogP contribution in [0.3, 0.4) is 0 Å². The second kappa shape index (κ2) is 8.73. The number of aliphatic hydroxyl groups excluding tert-OH is 1. The lowest BCUT2D eigenvalue weighted by Crippen LogP contribution is -2.22. The number of methoxy groups -OCH3 is 1. The first-order chi connectivity index (χ1) is 15.6. The van der Waals surface area contributed by atoms with Gasteiger partial charge in [-0.2, -0.15) is 0 Å². The van der Waals surface area contributed by atoms with Crippen LogP contribution < -0.4 is 10.6 Å². The highest BCUT2D eigenvalue weighted by Crippen LogP contribution is 2.46. The number of rotatable bonds is 5. The van der Waals surface area contributed by atoms with E-state index in [0.717, 1.165) is 58.9 Å². The van der Waals surface area contributed by atoms with Crippen LogP contribution in [0.1, 0.15) is 35.7 Å². The Kier molecular flexibility index (Phi) is 5.79. The van der Waals surface area contributed by atoms with Gasteiger partial charge in [-0.05, 0) is 37.0 Å². The van der Waals surface area contributed by atoms with Gasteiger partial charge in [-0.3, -0.25) is 0 Å². The summed E-state index contributed by atoms with van der Waals surface area (Å²) in [6.45, 7) is 3.16. The van der Waals surface area contributed by atoms with E-state index in [9.17, 15) is 9.90 Å². The molecule has 32 heavy (non-hydrogen) atoms. The van der Waals surface area contributed by atoms with Gasteiger partial charge < -0.3 is 29.8 Å². The Morgan fingerprint density at radius 3 is 3.00 bits per heavy atom. The standard InChI is InChI=1S/C23H28N4O4S/c1-30-23(29)19-20(24)21(32-22(19)26-7-6-14(10-26)11-28)15-4-5-18-17(9-15)25-13-27(18)16-3-2-8-31-12-16/h4-5,9,13-14,16,28H,2-3,6-8,10-12,24H2,1H3. The maximum Gasteiger partial charge on any atom is 0.343 e. The largest absolute Gasteiger partial charge is 0.465 e. The van der Waals surface area contributed by atoms with Crippen molar-refractivity contribution in [3.8, 4) is 10.4 Å². The average molecular weight is 457 g/mol. The molecule has 4 heterocycles. The number of aromatic nitrogens is 2. The van der Waals surface area contributed by atoms with Crippen molar-refractivity contribution in [1.29, 1.82) is 0 Å². The van der Waals surface area contributed by atoms with Crippen molar-refractivity contribution in [2.45, 2.75) is 25.3 Å². The van der Waals surface area contributed by atoms with Gasteiger partial charge in [-0.1, -0.05) is 6.07 Å². The Hall–Kier alpha value is -2.62. The first-order valence-electron chi connectivity index (χ1n) is 11.0. The molecule has 2 unspecified atom stereocenters. The lowest BCUT2D eigenvalue weighted by molar-refractivity contribution is 0.0602. The minimum Gasteiger partial charge on any atom is -0.465 e. The van der Waals surface area contributed by atoms with Crippen molar-refractivity contribution in [1.82, 2.24) is 9.55 Å². The van der Waals surface area contributed by atoms with Crippen LogP contribution >= 0.6 is 11.3 Å². The molecule has 2 aliphatic heterocycles. The fourth-order valence-electron chi connectivity index (χ4n) is 4.74. The zero-order valence-corrected chi connectivity index (χ0v) is 18.9. The van der Waals surface area contributed by atoms with Crippen LogP contribution in [-0.4, -0.2) is 60.6 Å². The second-order valence-electron chi connectivity index (χ2n) is 8.53. The van der Waals surface area contributed by atoms with Crippen LogP contribution in [0.25, 0.3) is 21.5 Å².